The minimum Gasteiger partial charge on any atom is -0.497 e. The van der Waals surface area contributed by atoms with E-state index in [4.69, 9.17) is 9.47 Å². The highest BCUT2D eigenvalue weighted by molar-refractivity contribution is 5.93. The van der Waals surface area contributed by atoms with Crippen LogP contribution in [0.15, 0.2) is 36.4 Å². The SMILES string of the molecule is COc1cccc(CN2C[C@@]34C=C[C@@H](O3)C(C(=O)N3CCC(F)(F)CC3)C4C2=O)c1. The van der Waals surface area contributed by atoms with Crippen molar-refractivity contribution < 1.29 is 27.8 Å². The van der Waals surface area contributed by atoms with E-state index in [-0.39, 0.29) is 37.7 Å². The van der Waals surface area contributed by atoms with Crippen molar-refractivity contribution in [3.8, 4) is 5.75 Å². The molecule has 3 saturated heterocycles. The van der Waals surface area contributed by atoms with Gasteiger partial charge in [0.15, 0.2) is 0 Å². The van der Waals surface area contributed by atoms with E-state index in [9.17, 15) is 18.4 Å². The maximum absolute atomic E-state index is 13.5. The lowest BCUT2D eigenvalue weighted by atomic mass is 9.76. The Kier molecular flexibility index (Phi) is 4.39. The number of ether oxygens (including phenoxy) is 2. The van der Waals surface area contributed by atoms with Crippen LogP contribution in [0.25, 0.3) is 0 Å². The maximum atomic E-state index is 13.5. The average molecular weight is 418 g/mol. The third-order valence-corrected chi connectivity index (χ3v) is 6.78. The molecule has 1 aromatic carbocycles. The van der Waals surface area contributed by atoms with Crippen molar-refractivity contribution in [2.24, 2.45) is 11.8 Å². The van der Waals surface area contributed by atoms with E-state index < -0.39 is 29.5 Å². The van der Waals surface area contributed by atoms with Crippen LogP contribution in [0.4, 0.5) is 8.78 Å². The lowest BCUT2D eigenvalue weighted by molar-refractivity contribution is -0.147. The van der Waals surface area contributed by atoms with Gasteiger partial charge in [-0.15, -0.1) is 0 Å². The first-order chi connectivity index (χ1) is 14.3. The molecule has 0 radical (unpaired) electrons. The Bertz CT molecular complexity index is 910. The van der Waals surface area contributed by atoms with Gasteiger partial charge < -0.3 is 19.3 Å². The van der Waals surface area contributed by atoms with Gasteiger partial charge in [-0.3, -0.25) is 9.59 Å². The summed E-state index contributed by atoms with van der Waals surface area (Å²) in [4.78, 5) is 29.7. The molecule has 0 saturated carbocycles. The Morgan fingerprint density at radius 3 is 2.80 bits per heavy atom. The average Bonchev–Trinajstić information content (AvgIpc) is 3.36. The summed E-state index contributed by atoms with van der Waals surface area (Å²) < 4.78 is 38.4. The zero-order valence-electron chi connectivity index (χ0n) is 16.7. The van der Waals surface area contributed by atoms with Crippen molar-refractivity contribution in [3.05, 3.63) is 42.0 Å². The van der Waals surface area contributed by atoms with E-state index in [0.717, 1.165) is 5.56 Å². The molecule has 4 aliphatic rings. The number of methoxy groups -OCH3 is 1. The molecule has 2 bridgehead atoms. The molecule has 0 aromatic heterocycles. The lowest BCUT2D eigenvalue weighted by Gasteiger charge is -2.35. The summed E-state index contributed by atoms with van der Waals surface area (Å²) >= 11 is 0. The number of fused-ring (bicyclic) bond motifs is 1. The van der Waals surface area contributed by atoms with Crippen LogP contribution in [0, 0.1) is 11.8 Å². The molecule has 160 valence electrons. The third-order valence-electron chi connectivity index (χ3n) is 6.78. The van der Waals surface area contributed by atoms with Crippen LogP contribution in [0.1, 0.15) is 18.4 Å². The second-order valence-corrected chi connectivity index (χ2v) is 8.63. The fraction of sp³-hybridized carbons (Fsp3) is 0.545. The summed E-state index contributed by atoms with van der Waals surface area (Å²) in [6, 6.07) is 7.51. The van der Waals surface area contributed by atoms with Crippen LogP contribution in [0.5, 0.6) is 5.75 Å². The number of alkyl halides is 2. The van der Waals surface area contributed by atoms with Gasteiger partial charge in [0, 0.05) is 32.5 Å². The second-order valence-electron chi connectivity index (χ2n) is 8.63. The number of hydrogen-bond acceptors (Lipinski definition) is 4. The number of likely N-dealkylation sites (tertiary alicyclic amines) is 2. The summed E-state index contributed by atoms with van der Waals surface area (Å²) in [5, 5.41) is 0. The number of rotatable bonds is 4. The number of hydrogen-bond donors (Lipinski definition) is 0. The van der Waals surface area contributed by atoms with Gasteiger partial charge in [-0.2, -0.15) is 0 Å². The molecular weight excluding hydrogens is 394 g/mol. The molecule has 4 aliphatic heterocycles. The van der Waals surface area contributed by atoms with Crippen LogP contribution in [-0.4, -0.2) is 66.0 Å². The summed E-state index contributed by atoms with van der Waals surface area (Å²) in [6.45, 7) is 0.802. The van der Waals surface area contributed by atoms with Gasteiger partial charge >= 0.3 is 0 Å². The second kappa shape index (κ2) is 6.77. The van der Waals surface area contributed by atoms with Crippen molar-refractivity contribution in [2.75, 3.05) is 26.7 Å². The Morgan fingerprint density at radius 1 is 1.30 bits per heavy atom. The molecule has 6 nitrogen and oxygen atoms in total. The smallest absolute Gasteiger partial charge is 0.251 e. The van der Waals surface area contributed by atoms with Gasteiger partial charge in [-0.05, 0) is 17.7 Å². The molecule has 30 heavy (non-hydrogen) atoms. The summed E-state index contributed by atoms with van der Waals surface area (Å²) in [7, 11) is 1.59. The topological polar surface area (TPSA) is 59.1 Å². The van der Waals surface area contributed by atoms with Gasteiger partial charge in [-0.25, -0.2) is 8.78 Å². The van der Waals surface area contributed by atoms with Crippen molar-refractivity contribution >= 4 is 11.8 Å². The number of benzene rings is 1. The predicted octanol–water partition coefficient (Wildman–Crippen LogP) is 2.23. The molecule has 4 heterocycles. The molecular formula is C22H24F2N2O4. The molecule has 2 amide bonds. The zero-order valence-corrected chi connectivity index (χ0v) is 16.7. The van der Waals surface area contributed by atoms with Gasteiger partial charge in [-0.1, -0.05) is 24.3 Å². The lowest BCUT2D eigenvalue weighted by Crippen LogP contribution is -2.50. The number of nitrogens with zero attached hydrogens (tertiary/aromatic N) is 2. The Labute approximate surface area is 173 Å². The highest BCUT2D eigenvalue weighted by Gasteiger charge is 2.67. The van der Waals surface area contributed by atoms with Crippen molar-refractivity contribution in [1.82, 2.24) is 9.80 Å². The first kappa shape index (κ1) is 19.5. The summed E-state index contributed by atoms with van der Waals surface area (Å²) in [6.07, 6.45) is 2.62. The van der Waals surface area contributed by atoms with E-state index >= 15 is 0 Å². The van der Waals surface area contributed by atoms with Crippen LogP contribution in [0.2, 0.25) is 0 Å². The molecule has 0 aliphatic carbocycles. The standard InChI is InChI=1S/C22H24F2N2O4/c1-29-15-4-2-3-14(11-15)12-26-13-21-6-5-16(30-21)17(18(21)20(26)28)19(27)25-9-7-22(23,24)8-10-25/h2-6,11,16-18H,7-10,12-13H2,1H3/t16-,17?,18?,21-/m1/s1. The summed E-state index contributed by atoms with van der Waals surface area (Å²) in [5.74, 6) is -3.63. The monoisotopic (exact) mass is 418 g/mol. The summed E-state index contributed by atoms with van der Waals surface area (Å²) in [5.41, 5.74) is 0.124. The number of carbonyl (C=O) groups is 2. The minimum absolute atomic E-state index is 0.0141. The highest BCUT2D eigenvalue weighted by atomic mass is 19.3. The number of piperidine rings is 1. The fourth-order valence-electron chi connectivity index (χ4n) is 5.25. The highest BCUT2D eigenvalue weighted by Crippen LogP contribution is 2.52. The molecule has 1 spiro atoms. The van der Waals surface area contributed by atoms with E-state index in [0.29, 0.717) is 18.8 Å². The Morgan fingerprint density at radius 2 is 2.07 bits per heavy atom. The molecule has 5 rings (SSSR count). The van der Waals surface area contributed by atoms with Crippen molar-refractivity contribution in [3.63, 3.8) is 0 Å². The van der Waals surface area contributed by atoms with E-state index in [2.05, 4.69) is 0 Å². The van der Waals surface area contributed by atoms with E-state index in [1.165, 1.54) is 4.90 Å². The van der Waals surface area contributed by atoms with Crippen molar-refractivity contribution in [1.29, 1.82) is 0 Å². The largest absolute Gasteiger partial charge is 0.497 e. The Balaban J connectivity index is 1.35. The maximum Gasteiger partial charge on any atom is 0.251 e. The zero-order chi connectivity index (χ0) is 21.1. The van der Waals surface area contributed by atoms with E-state index in [1.807, 2.05) is 36.4 Å². The number of halogens is 2. The van der Waals surface area contributed by atoms with Crippen LogP contribution < -0.4 is 4.74 Å². The Hall–Kier alpha value is -2.48. The van der Waals surface area contributed by atoms with Gasteiger partial charge in [0.1, 0.15) is 11.4 Å². The molecule has 1 aromatic rings. The fourth-order valence-corrected chi connectivity index (χ4v) is 5.25. The van der Waals surface area contributed by atoms with E-state index in [1.54, 1.807) is 12.0 Å². The predicted molar refractivity (Wildman–Crippen MR) is 103 cm³/mol. The van der Waals surface area contributed by atoms with Crippen molar-refractivity contribution in [2.45, 2.75) is 37.0 Å². The van der Waals surface area contributed by atoms with Gasteiger partial charge in [0.05, 0.1) is 31.6 Å². The molecule has 8 heteroatoms. The van der Waals surface area contributed by atoms with Crippen LogP contribution in [0.3, 0.4) is 0 Å². The molecule has 2 unspecified atom stereocenters. The third kappa shape index (κ3) is 3.00. The number of carbonyl (C=O) groups excluding carboxylic acids is 2. The minimum atomic E-state index is -2.72. The first-order valence-corrected chi connectivity index (χ1v) is 10.3. The molecule has 0 N–H and O–H groups in total. The first-order valence-electron chi connectivity index (χ1n) is 10.3. The molecule has 3 fully saturated rings. The quantitative estimate of drug-likeness (QED) is 0.704. The molecule has 4 atom stereocenters. The normalized spacial score (nSPS) is 33.8. The van der Waals surface area contributed by atoms with Gasteiger partial charge in [0.2, 0.25) is 11.8 Å². The number of amides is 2. The van der Waals surface area contributed by atoms with Gasteiger partial charge in [0.25, 0.3) is 5.92 Å². The van der Waals surface area contributed by atoms with Crippen LogP contribution in [-0.2, 0) is 20.9 Å². The van der Waals surface area contributed by atoms with Crippen LogP contribution >= 0.6 is 0 Å².